The molecule has 0 spiro atoms. The van der Waals surface area contributed by atoms with Crippen molar-refractivity contribution < 1.29 is 9.53 Å². The molecule has 1 aromatic heterocycles. The second-order valence-corrected chi connectivity index (χ2v) is 8.19. The van der Waals surface area contributed by atoms with Crippen LogP contribution in [0.2, 0.25) is 0 Å². The van der Waals surface area contributed by atoms with Gasteiger partial charge in [0.1, 0.15) is 5.60 Å². The second-order valence-electron chi connectivity index (χ2n) is 8.19. The number of carbonyl (C=O) groups excluding carboxylic acids is 1. The topological polar surface area (TPSA) is 47.4 Å². The van der Waals surface area contributed by atoms with Crippen LogP contribution in [0.4, 0.5) is 4.79 Å². The lowest BCUT2D eigenvalue weighted by Gasteiger charge is -2.26. The number of carbonyl (C=O) groups is 1. The molecular formula is C19H31N3O2. The van der Waals surface area contributed by atoms with Crippen LogP contribution in [0.3, 0.4) is 0 Å². The molecule has 5 nitrogen and oxygen atoms in total. The predicted octanol–water partition coefficient (Wildman–Crippen LogP) is 4.11. The lowest BCUT2D eigenvalue weighted by molar-refractivity contribution is 0.0258. The Balaban J connectivity index is 1.63. The molecule has 1 fully saturated rings. The van der Waals surface area contributed by atoms with E-state index in [1.54, 1.807) is 0 Å². The molecule has 1 aliphatic heterocycles. The molecule has 1 amide bonds. The Morgan fingerprint density at radius 1 is 1.12 bits per heavy atom. The van der Waals surface area contributed by atoms with Gasteiger partial charge in [-0.1, -0.05) is 25.7 Å². The molecule has 3 rings (SSSR count). The highest BCUT2D eigenvalue weighted by atomic mass is 16.6. The van der Waals surface area contributed by atoms with Crippen molar-refractivity contribution in [3.63, 3.8) is 0 Å². The maximum absolute atomic E-state index is 12.3. The summed E-state index contributed by atoms with van der Waals surface area (Å²) in [6.45, 7) is 7.15. The number of rotatable bonds is 1. The van der Waals surface area contributed by atoms with Crippen LogP contribution in [0, 0.1) is 0 Å². The summed E-state index contributed by atoms with van der Waals surface area (Å²) in [5.41, 5.74) is 2.04. The van der Waals surface area contributed by atoms with E-state index < -0.39 is 5.60 Å². The van der Waals surface area contributed by atoms with Crippen LogP contribution in [0.5, 0.6) is 0 Å². The first kappa shape index (κ1) is 17.3. The molecule has 5 heteroatoms. The molecular weight excluding hydrogens is 302 g/mol. The van der Waals surface area contributed by atoms with Crippen molar-refractivity contribution in [3.8, 4) is 0 Å². The first-order chi connectivity index (χ1) is 11.4. The minimum absolute atomic E-state index is 0.204. The lowest BCUT2D eigenvalue weighted by atomic mass is 10.1. The summed E-state index contributed by atoms with van der Waals surface area (Å²) < 4.78 is 7.72. The second kappa shape index (κ2) is 7.16. The SMILES string of the molecule is CC(C)(C)OC(=O)N1CCc2cn(C3CCCCCC3)nc2CC1. The van der Waals surface area contributed by atoms with E-state index in [1.807, 2.05) is 25.7 Å². The van der Waals surface area contributed by atoms with Gasteiger partial charge in [0.05, 0.1) is 11.7 Å². The predicted molar refractivity (Wildman–Crippen MR) is 94.2 cm³/mol. The molecule has 1 aliphatic carbocycles. The standard InChI is InChI=1S/C19H31N3O2/c1-19(2,3)24-18(23)21-12-10-15-14-22(20-17(15)11-13-21)16-8-6-4-5-7-9-16/h14,16H,4-13H2,1-3H3. The molecule has 1 saturated carbocycles. The molecule has 24 heavy (non-hydrogen) atoms. The van der Waals surface area contributed by atoms with Crippen LogP contribution in [0.25, 0.3) is 0 Å². The summed E-state index contributed by atoms with van der Waals surface area (Å²) in [5.74, 6) is 0. The van der Waals surface area contributed by atoms with Crippen LogP contribution in [0.15, 0.2) is 6.20 Å². The van der Waals surface area contributed by atoms with Crippen molar-refractivity contribution in [3.05, 3.63) is 17.5 Å². The van der Waals surface area contributed by atoms with Crippen LogP contribution in [0.1, 0.15) is 76.6 Å². The molecule has 1 aromatic rings. The number of hydrogen-bond donors (Lipinski definition) is 0. The van der Waals surface area contributed by atoms with Crippen LogP contribution < -0.4 is 0 Å². The summed E-state index contributed by atoms with van der Waals surface area (Å²) in [5, 5.41) is 4.88. The first-order valence-electron chi connectivity index (χ1n) is 9.47. The van der Waals surface area contributed by atoms with Crippen molar-refractivity contribution in [1.29, 1.82) is 0 Å². The quantitative estimate of drug-likeness (QED) is 0.727. The van der Waals surface area contributed by atoms with Gasteiger partial charge >= 0.3 is 6.09 Å². The molecule has 2 heterocycles. The molecule has 2 aliphatic rings. The zero-order chi connectivity index (χ0) is 17.2. The average Bonchev–Trinajstić information content (AvgIpc) is 2.69. The summed E-state index contributed by atoms with van der Waals surface area (Å²) in [6, 6.07) is 0.571. The monoisotopic (exact) mass is 333 g/mol. The highest BCUT2D eigenvalue weighted by molar-refractivity contribution is 5.68. The van der Waals surface area contributed by atoms with Gasteiger partial charge in [-0.3, -0.25) is 4.68 Å². The molecule has 0 N–H and O–H groups in total. The van der Waals surface area contributed by atoms with E-state index in [0.29, 0.717) is 12.6 Å². The molecule has 0 bridgehead atoms. The summed E-state index contributed by atoms with van der Waals surface area (Å²) >= 11 is 0. The van der Waals surface area contributed by atoms with Crippen LogP contribution in [-0.2, 0) is 17.6 Å². The fourth-order valence-corrected chi connectivity index (χ4v) is 3.71. The van der Waals surface area contributed by atoms with Gasteiger partial charge in [-0.05, 0) is 45.6 Å². The van der Waals surface area contributed by atoms with Gasteiger partial charge in [0.25, 0.3) is 0 Å². The Morgan fingerprint density at radius 3 is 2.46 bits per heavy atom. The lowest BCUT2D eigenvalue weighted by Crippen LogP contribution is -2.38. The average molecular weight is 333 g/mol. The minimum atomic E-state index is -0.438. The van der Waals surface area contributed by atoms with E-state index in [1.165, 1.54) is 49.8 Å². The van der Waals surface area contributed by atoms with Crippen molar-refractivity contribution in [2.24, 2.45) is 0 Å². The van der Waals surface area contributed by atoms with E-state index in [-0.39, 0.29) is 6.09 Å². The van der Waals surface area contributed by atoms with Gasteiger partial charge in [-0.15, -0.1) is 0 Å². The van der Waals surface area contributed by atoms with Crippen LogP contribution in [-0.4, -0.2) is 39.5 Å². The minimum Gasteiger partial charge on any atom is -0.444 e. The molecule has 134 valence electrons. The van der Waals surface area contributed by atoms with Gasteiger partial charge in [-0.2, -0.15) is 5.10 Å². The third-order valence-corrected chi connectivity index (χ3v) is 5.02. The zero-order valence-corrected chi connectivity index (χ0v) is 15.4. The third-order valence-electron chi connectivity index (χ3n) is 5.02. The number of amides is 1. The molecule has 0 unspecified atom stereocenters. The number of nitrogens with zero attached hydrogens (tertiary/aromatic N) is 3. The Labute approximate surface area is 145 Å². The van der Waals surface area contributed by atoms with Crippen molar-refractivity contribution in [2.75, 3.05) is 13.1 Å². The van der Waals surface area contributed by atoms with Gasteiger partial charge in [0.2, 0.25) is 0 Å². The van der Waals surface area contributed by atoms with Crippen molar-refractivity contribution >= 4 is 6.09 Å². The fourth-order valence-electron chi connectivity index (χ4n) is 3.71. The maximum Gasteiger partial charge on any atom is 0.410 e. The molecule has 0 saturated heterocycles. The molecule has 0 radical (unpaired) electrons. The number of hydrogen-bond acceptors (Lipinski definition) is 3. The highest BCUT2D eigenvalue weighted by Gasteiger charge is 2.26. The number of aromatic nitrogens is 2. The van der Waals surface area contributed by atoms with Crippen molar-refractivity contribution in [2.45, 2.75) is 83.8 Å². The molecule has 0 atom stereocenters. The number of ether oxygens (including phenoxy) is 1. The van der Waals surface area contributed by atoms with E-state index in [0.717, 1.165) is 19.4 Å². The Hall–Kier alpha value is -1.52. The van der Waals surface area contributed by atoms with Gasteiger partial charge in [0.15, 0.2) is 0 Å². The normalized spacial score (nSPS) is 20.2. The van der Waals surface area contributed by atoms with E-state index in [4.69, 9.17) is 9.84 Å². The highest BCUT2D eigenvalue weighted by Crippen LogP contribution is 2.28. The van der Waals surface area contributed by atoms with Gasteiger partial charge in [-0.25, -0.2) is 4.79 Å². The maximum atomic E-state index is 12.3. The van der Waals surface area contributed by atoms with Crippen molar-refractivity contribution in [1.82, 2.24) is 14.7 Å². The number of fused-ring (bicyclic) bond motifs is 1. The summed E-state index contributed by atoms with van der Waals surface area (Å²) in [4.78, 5) is 14.1. The Kier molecular flexibility index (Phi) is 5.16. The largest absolute Gasteiger partial charge is 0.444 e. The molecule has 0 aromatic carbocycles. The van der Waals surface area contributed by atoms with Gasteiger partial charge in [0, 0.05) is 25.7 Å². The smallest absolute Gasteiger partial charge is 0.410 e. The van der Waals surface area contributed by atoms with Gasteiger partial charge < -0.3 is 9.64 Å². The van der Waals surface area contributed by atoms with Crippen LogP contribution >= 0.6 is 0 Å². The zero-order valence-electron chi connectivity index (χ0n) is 15.4. The van der Waals surface area contributed by atoms with E-state index >= 15 is 0 Å². The summed E-state index contributed by atoms with van der Waals surface area (Å²) in [7, 11) is 0. The Bertz CT molecular complexity index is 540. The summed E-state index contributed by atoms with van der Waals surface area (Å²) in [6.07, 6.45) is 11.6. The Morgan fingerprint density at radius 2 is 1.79 bits per heavy atom. The third kappa shape index (κ3) is 4.31. The van der Waals surface area contributed by atoms with E-state index in [2.05, 4.69) is 10.9 Å². The fraction of sp³-hybridized carbons (Fsp3) is 0.789. The van der Waals surface area contributed by atoms with E-state index in [9.17, 15) is 4.79 Å². The first-order valence-corrected chi connectivity index (χ1v) is 9.47.